The maximum Gasteiger partial charge on any atom is 0.197 e. The summed E-state index contributed by atoms with van der Waals surface area (Å²) in [5.74, 6) is 3.17. The summed E-state index contributed by atoms with van der Waals surface area (Å²) in [5.41, 5.74) is 2.35. The van der Waals surface area contributed by atoms with Crippen molar-refractivity contribution in [2.75, 3.05) is 32.2 Å². The third-order valence-electron chi connectivity index (χ3n) is 5.08. The number of thioether (sulfide) groups is 1. The minimum atomic E-state index is -0.261. The van der Waals surface area contributed by atoms with Crippen molar-refractivity contribution in [3.05, 3.63) is 53.6 Å². The number of hydrogen-bond donors (Lipinski definition) is 0. The smallest absolute Gasteiger partial charge is 0.197 e. The Labute approximate surface area is 190 Å². The van der Waals surface area contributed by atoms with Crippen LogP contribution in [0.15, 0.2) is 47.4 Å². The van der Waals surface area contributed by atoms with E-state index in [0.29, 0.717) is 19.1 Å². The van der Waals surface area contributed by atoms with Crippen molar-refractivity contribution in [2.45, 2.75) is 51.6 Å². The van der Waals surface area contributed by atoms with Crippen LogP contribution in [0.4, 0.5) is 0 Å². The second-order valence-corrected chi connectivity index (χ2v) is 8.89. The van der Waals surface area contributed by atoms with Crippen molar-refractivity contribution in [1.29, 1.82) is 0 Å². The van der Waals surface area contributed by atoms with E-state index in [0.717, 1.165) is 42.4 Å². The van der Waals surface area contributed by atoms with Crippen molar-refractivity contribution >= 4 is 11.8 Å². The molecule has 0 aliphatic carbocycles. The molecule has 2 aromatic carbocycles. The van der Waals surface area contributed by atoms with Gasteiger partial charge in [-0.05, 0) is 70.0 Å². The minimum Gasteiger partial charge on any atom is -0.493 e. The molecule has 3 rings (SSSR count). The molecule has 0 saturated carbocycles. The lowest BCUT2D eigenvalue weighted by Gasteiger charge is -2.33. The van der Waals surface area contributed by atoms with Gasteiger partial charge in [-0.15, -0.1) is 11.8 Å². The molecule has 1 saturated heterocycles. The van der Waals surface area contributed by atoms with Gasteiger partial charge in [-0.3, -0.25) is 0 Å². The Morgan fingerprint density at radius 2 is 1.81 bits per heavy atom. The van der Waals surface area contributed by atoms with Gasteiger partial charge in [0.15, 0.2) is 12.6 Å². The Kier molecular flexibility index (Phi) is 9.53. The van der Waals surface area contributed by atoms with Gasteiger partial charge in [-0.25, -0.2) is 0 Å². The Morgan fingerprint density at radius 1 is 1.03 bits per heavy atom. The molecule has 1 unspecified atom stereocenters. The van der Waals surface area contributed by atoms with Crippen molar-refractivity contribution in [1.82, 2.24) is 0 Å². The van der Waals surface area contributed by atoms with Gasteiger partial charge >= 0.3 is 0 Å². The van der Waals surface area contributed by atoms with E-state index in [1.54, 1.807) is 0 Å². The quantitative estimate of drug-likeness (QED) is 0.294. The van der Waals surface area contributed by atoms with Crippen molar-refractivity contribution in [3.63, 3.8) is 0 Å². The van der Waals surface area contributed by atoms with Crippen molar-refractivity contribution in [2.24, 2.45) is 5.92 Å². The molecule has 1 aliphatic heterocycles. The van der Waals surface area contributed by atoms with Crippen LogP contribution in [0.25, 0.3) is 0 Å². The molecular weight excluding hydrogens is 412 g/mol. The van der Waals surface area contributed by atoms with Gasteiger partial charge in [0.25, 0.3) is 0 Å². The molecule has 6 heteroatoms. The molecule has 0 bridgehead atoms. The SMILES string of the molecule is CCOCCC(COc1ccc(C)cc1)CSc1ccc(OCC2OC(C)O2)c(C)c1. The molecular formula is C25H34O5S. The van der Waals surface area contributed by atoms with Crippen LogP contribution in [0.3, 0.4) is 0 Å². The molecule has 0 aromatic heterocycles. The minimum absolute atomic E-state index is 0.126. The van der Waals surface area contributed by atoms with Crippen LogP contribution in [-0.4, -0.2) is 44.8 Å². The normalized spacial score (nSPS) is 19.0. The van der Waals surface area contributed by atoms with Crippen LogP contribution in [0.5, 0.6) is 11.5 Å². The molecule has 1 fully saturated rings. The Bertz CT molecular complexity index is 789. The largest absolute Gasteiger partial charge is 0.493 e. The van der Waals surface area contributed by atoms with Crippen LogP contribution in [0.1, 0.15) is 31.4 Å². The highest BCUT2D eigenvalue weighted by atomic mass is 32.2. The molecule has 1 heterocycles. The fourth-order valence-electron chi connectivity index (χ4n) is 3.22. The van der Waals surface area contributed by atoms with Gasteiger partial charge in [-0.2, -0.15) is 0 Å². The van der Waals surface area contributed by atoms with Crippen molar-refractivity contribution in [3.8, 4) is 11.5 Å². The zero-order chi connectivity index (χ0) is 22.1. The number of hydrogen-bond acceptors (Lipinski definition) is 6. The lowest BCUT2D eigenvalue weighted by atomic mass is 10.1. The Balaban J connectivity index is 1.49. The average molecular weight is 447 g/mol. The lowest BCUT2D eigenvalue weighted by molar-refractivity contribution is -0.380. The number of rotatable bonds is 13. The summed E-state index contributed by atoms with van der Waals surface area (Å²) in [4.78, 5) is 1.23. The summed E-state index contributed by atoms with van der Waals surface area (Å²) < 4.78 is 28.3. The summed E-state index contributed by atoms with van der Waals surface area (Å²) in [6, 6.07) is 14.5. The van der Waals surface area contributed by atoms with E-state index < -0.39 is 0 Å². The molecule has 1 atom stereocenters. The van der Waals surface area contributed by atoms with E-state index in [1.165, 1.54) is 10.5 Å². The van der Waals surface area contributed by atoms with Gasteiger partial charge in [0, 0.05) is 29.8 Å². The van der Waals surface area contributed by atoms with Crippen LogP contribution in [0, 0.1) is 19.8 Å². The summed E-state index contributed by atoms with van der Waals surface area (Å²) >= 11 is 1.85. The molecule has 0 amide bonds. The van der Waals surface area contributed by atoms with E-state index in [4.69, 9.17) is 23.7 Å². The van der Waals surface area contributed by atoms with E-state index in [1.807, 2.05) is 43.8 Å². The van der Waals surface area contributed by atoms with Gasteiger partial charge < -0.3 is 23.7 Å². The molecule has 0 radical (unpaired) electrons. The third kappa shape index (κ3) is 8.04. The van der Waals surface area contributed by atoms with Crippen LogP contribution >= 0.6 is 11.8 Å². The zero-order valence-electron chi connectivity index (χ0n) is 19.0. The highest BCUT2D eigenvalue weighted by molar-refractivity contribution is 7.99. The molecule has 1 aliphatic rings. The van der Waals surface area contributed by atoms with E-state index >= 15 is 0 Å². The average Bonchev–Trinajstić information content (AvgIpc) is 2.74. The predicted molar refractivity (Wildman–Crippen MR) is 124 cm³/mol. The van der Waals surface area contributed by atoms with E-state index in [2.05, 4.69) is 38.1 Å². The predicted octanol–water partition coefficient (Wildman–Crippen LogP) is 5.62. The number of aryl methyl sites for hydroxylation is 2. The fourth-order valence-corrected chi connectivity index (χ4v) is 4.33. The second kappa shape index (κ2) is 12.3. The monoisotopic (exact) mass is 446 g/mol. The standard InChI is InChI=1S/C25H34O5S/c1-5-26-13-12-21(15-27-22-8-6-18(2)7-9-22)17-31-23-10-11-24(19(3)14-23)28-16-25-29-20(4)30-25/h6-11,14,20-21,25H,5,12-13,15-17H2,1-4H3. The maximum absolute atomic E-state index is 6.05. The first-order valence-corrected chi connectivity index (χ1v) is 12.0. The zero-order valence-corrected chi connectivity index (χ0v) is 19.8. The summed E-state index contributed by atoms with van der Waals surface area (Å²) in [6.07, 6.45) is 0.592. The summed E-state index contributed by atoms with van der Waals surface area (Å²) in [5, 5.41) is 0. The van der Waals surface area contributed by atoms with Crippen LogP contribution < -0.4 is 9.47 Å². The summed E-state index contributed by atoms with van der Waals surface area (Å²) in [7, 11) is 0. The Morgan fingerprint density at radius 3 is 2.48 bits per heavy atom. The highest BCUT2D eigenvalue weighted by Crippen LogP contribution is 2.29. The van der Waals surface area contributed by atoms with E-state index in [9.17, 15) is 0 Å². The molecule has 2 aromatic rings. The van der Waals surface area contributed by atoms with Gasteiger partial charge in [0.2, 0.25) is 0 Å². The highest BCUT2D eigenvalue weighted by Gasteiger charge is 2.27. The fraction of sp³-hybridized carbons (Fsp3) is 0.520. The molecule has 0 spiro atoms. The molecule has 5 nitrogen and oxygen atoms in total. The first-order valence-electron chi connectivity index (χ1n) is 11.0. The third-order valence-corrected chi connectivity index (χ3v) is 6.30. The maximum atomic E-state index is 6.05. The first-order chi connectivity index (χ1) is 15.0. The lowest BCUT2D eigenvalue weighted by Crippen LogP contribution is -2.42. The molecule has 170 valence electrons. The molecule has 0 N–H and O–H groups in total. The van der Waals surface area contributed by atoms with Gasteiger partial charge in [-0.1, -0.05) is 17.7 Å². The second-order valence-electron chi connectivity index (χ2n) is 7.79. The first kappa shape index (κ1) is 23.9. The topological polar surface area (TPSA) is 46.2 Å². The van der Waals surface area contributed by atoms with Gasteiger partial charge in [0.1, 0.15) is 18.1 Å². The molecule has 31 heavy (non-hydrogen) atoms. The Hall–Kier alpha value is -1.73. The van der Waals surface area contributed by atoms with Crippen LogP contribution in [-0.2, 0) is 14.2 Å². The van der Waals surface area contributed by atoms with Gasteiger partial charge in [0.05, 0.1) is 6.61 Å². The van der Waals surface area contributed by atoms with E-state index in [-0.39, 0.29) is 12.6 Å². The van der Waals surface area contributed by atoms with Crippen molar-refractivity contribution < 1.29 is 23.7 Å². The van der Waals surface area contributed by atoms with Crippen LogP contribution in [0.2, 0.25) is 0 Å². The summed E-state index contributed by atoms with van der Waals surface area (Å²) in [6.45, 7) is 10.7. The number of benzene rings is 2. The number of ether oxygens (including phenoxy) is 5.